The molecule has 20 heavy (non-hydrogen) atoms. The van der Waals surface area contributed by atoms with Crippen molar-refractivity contribution in [3.63, 3.8) is 0 Å². The van der Waals surface area contributed by atoms with Crippen molar-refractivity contribution in [3.8, 4) is 0 Å². The van der Waals surface area contributed by atoms with Gasteiger partial charge in [0.2, 0.25) is 5.16 Å². The minimum Gasteiger partial charge on any atom is -0.312 e. The molecule has 0 aliphatic rings. The van der Waals surface area contributed by atoms with Crippen LogP contribution in [-0.2, 0) is 13.6 Å². The Morgan fingerprint density at radius 3 is 2.75 bits per heavy atom. The average Bonchev–Trinajstić information content (AvgIpc) is 2.84. The van der Waals surface area contributed by atoms with Gasteiger partial charge in [-0.3, -0.25) is 10.1 Å². The minimum atomic E-state index is -0.400. The Balaban J connectivity index is 1.68. The van der Waals surface area contributed by atoms with Crippen LogP contribution < -0.4 is 5.32 Å². The van der Waals surface area contributed by atoms with Crippen LogP contribution in [0, 0.1) is 10.1 Å². The van der Waals surface area contributed by atoms with Crippen LogP contribution in [0.5, 0.6) is 0 Å². The summed E-state index contributed by atoms with van der Waals surface area (Å²) >= 11 is 1.57. The van der Waals surface area contributed by atoms with Gasteiger partial charge < -0.3 is 5.32 Å². The van der Waals surface area contributed by atoms with Crippen LogP contribution in [0.15, 0.2) is 29.4 Å². The summed E-state index contributed by atoms with van der Waals surface area (Å²) in [6.07, 6.45) is 0. The van der Waals surface area contributed by atoms with E-state index >= 15 is 0 Å². The van der Waals surface area contributed by atoms with Crippen LogP contribution in [-0.4, -0.2) is 37.4 Å². The fourth-order valence-electron chi connectivity index (χ4n) is 1.53. The van der Waals surface area contributed by atoms with Crippen molar-refractivity contribution < 1.29 is 4.92 Å². The maximum atomic E-state index is 10.5. The second kappa shape index (κ2) is 6.96. The summed E-state index contributed by atoms with van der Waals surface area (Å²) < 4.78 is 1.63. The lowest BCUT2D eigenvalue weighted by Gasteiger charge is -2.04. The molecule has 0 bridgehead atoms. The van der Waals surface area contributed by atoms with Crippen LogP contribution in [0.4, 0.5) is 5.69 Å². The Kier molecular flexibility index (Phi) is 5.02. The molecule has 9 heteroatoms. The molecule has 1 N–H and O–H groups in total. The van der Waals surface area contributed by atoms with Gasteiger partial charge in [0.15, 0.2) is 0 Å². The van der Waals surface area contributed by atoms with Crippen molar-refractivity contribution in [1.82, 2.24) is 25.5 Å². The number of hydrogen-bond donors (Lipinski definition) is 1. The molecule has 1 aromatic heterocycles. The first-order chi connectivity index (χ1) is 9.66. The topological polar surface area (TPSA) is 98.8 Å². The van der Waals surface area contributed by atoms with Crippen molar-refractivity contribution in [2.24, 2.45) is 7.05 Å². The van der Waals surface area contributed by atoms with Crippen molar-refractivity contribution in [1.29, 1.82) is 0 Å². The van der Waals surface area contributed by atoms with E-state index in [1.54, 1.807) is 35.6 Å². The zero-order chi connectivity index (χ0) is 14.4. The molecule has 0 fully saturated rings. The molecule has 0 aliphatic heterocycles. The molecule has 2 aromatic rings. The van der Waals surface area contributed by atoms with Gasteiger partial charge in [-0.05, 0) is 16.0 Å². The number of nitro groups is 1. The van der Waals surface area contributed by atoms with E-state index in [9.17, 15) is 10.1 Å². The molecular formula is C11H14N6O2S. The SMILES string of the molecule is Cn1nnnc1SCCNCc1ccc([N+](=O)[O-])cc1. The molecule has 106 valence electrons. The molecule has 0 unspecified atom stereocenters. The number of rotatable bonds is 7. The van der Waals surface area contributed by atoms with Gasteiger partial charge in [-0.25, -0.2) is 4.68 Å². The number of aryl methyl sites for hydroxylation is 1. The number of hydrogen-bond acceptors (Lipinski definition) is 7. The number of nitrogens with one attached hydrogen (secondary N) is 1. The fraction of sp³-hybridized carbons (Fsp3) is 0.364. The smallest absolute Gasteiger partial charge is 0.269 e. The number of tetrazole rings is 1. The van der Waals surface area contributed by atoms with E-state index in [0.29, 0.717) is 6.54 Å². The van der Waals surface area contributed by atoms with E-state index in [1.165, 1.54) is 12.1 Å². The first-order valence-electron chi connectivity index (χ1n) is 5.96. The first kappa shape index (κ1) is 14.4. The van der Waals surface area contributed by atoms with Crippen LogP contribution in [0.2, 0.25) is 0 Å². The highest BCUT2D eigenvalue weighted by atomic mass is 32.2. The normalized spacial score (nSPS) is 10.7. The van der Waals surface area contributed by atoms with Gasteiger partial charge in [-0.2, -0.15) is 0 Å². The first-order valence-corrected chi connectivity index (χ1v) is 6.94. The van der Waals surface area contributed by atoms with Gasteiger partial charge >= 0.3 is 0 Å². The minimum absolute atomic E-state index is 0.110. The molecule has 0 atom stereocenters. The Hall–Kier alpha value is -2.00. The van der Waals surface area contributed by atoms with Crippen molar-refractivity contribution in [2.75, 3.05) is 12.3 Å². The molecule has 0 radical (unpaired) electrons. The van der Waals surface area contributed by atoms with Crippen molar-refractivity contribution in [2.45, 2.75) is 11.7 Å². The Morgan fingerprint density at radius 2 is 2.15 bits per heavy atom. The molecule has 2 rings (SSSR count). The summed E-state index contributed by atoms with van der Waals surface area (Å²) in [6, 6.07) is 6.53. The molecule has 0 saturated heterocycles. The van der Waals surface area contributed by atoms with Crippen molar-refractivity contribution >= 4 is 17.4 Å². The van der Waals surface area contributed by atoms with Crippen LogP contribution >= 0.6 is 11.8 Å². The summed E-state index contributed by atoms with van der Waals surface area (Å²) in [5.41, 5.74) is 1.13. The summed E-state index contributed by atoms with van der Waals surface area (Å²) in [4.78, 5) is 10.1. The van der Waals surface area contributed by atoms with Crippen LogP contribution in [0.3, 0.4) is 0 Å². The number of aromatic nitrogens is 4. The molecule has 8 nitrogen and oxygen atoms in total. The maximum absolute atomic E-state index is 10.5. The number of thioether (sulfide) groups is 1. The summed E-state index contributed by atoms with van der Waals surface area (Å²) in [7, 11) is 1.80. The lowest BCUT2D eigenvalue weighted by Crippen LogP contribution is -2.16. The quantitative estimate of drug-likeness (QED) is 0.352. The number of nitro benzene ring substituents is 1. The van der Waals surface area contributed by atoms with Crippen LogP contribution in [0.25, 0.3) is 0 Å². The zero-order valence-electron chi connectivity index (χ0n) is 10.9. The van der Waals surface area contributed by atoms with Gasteiger partial charge in [-0.15, -0.1) is 5.10 Å². The number of nitrogens with zero attached hydrogens (tertiary/aromatic N) is 5. The third-order valence-corrected chi connectivity index (χ3v) is 3.58. The Morgan fingerprint density at radius 1 is 1.40 bits per heavy atom. The van der Waals surface area contributed by atoms with Gasteiger partial charge in [-0.1, -0.05) is 23.9 Å². The highest BCUT2D eigenvalue weighted by Crippen LogP contribution is 2.12. The van der Waals surface area contributed by atoms with Crippen molar-refractivity contribution in [3.05, 3.63) is 39.9 Å². The summed E-state index contributed by atoms with van der Waals surface area (Å²) in [6.45, 7) is 1.48. The van der Waals surface area contributed by atoms with E-state index in [-0.39, 0.29) is 5.69 Å². The Bertz CT molecular complexity index is 571. The molecule has 0 saturated carbocycles. The molecule has 0 spiro atoms. The molecule has 1 aromatic carbocycles. The largest absolute Gasteiger partial charge is 0.312 e. The number of non-ortho nitro benzene ring substituents is 1. The summed E-state index contributed by atoms with van der Waals surface area (Å²) in [5, 5.41) is 25.7. The van der Waals surface area contributed by atoms with E-state index < -0.39 is 4.92 Å². The van der Waals surface area contributed by atoms with E-state index in [1.807, 2.05) is 0 Å². The van der Waals surface area contributed by atoms with Gasteiger partial charge in [0.1, 0.15) is 0 Å². The summed E-state index contributed by atoms with van der Waals surface area (Å²) in [5.74, 6) is 0.848. The second-order valence-corrected chi connectivity index (χ2v) is 5.10. The molecule has 0 amide bonds. The lowest BCUT2D eigenvalue weighted by atomic mass is 10.2. The average molecular weight is 294 g/mol. The Labute approximate surface area is 119 Å². The monoisotopic (exact) mass is 294 g/mol. The van der Waals surface area contributed by atoms with E-state index in [2.05, 4.69) is 20.8 Å². The predicted octanol–water partition coefficient (Wildman–Crippen LogP) is 1.00. The standard InChI is InChI=1S/C11H14N6O2S/c1-16-11(13-14-15-16)20-7-6-12-8-9-2-4-10(5-3-9)17(18)19/h2-5,12H,6-8H2,1H3. The third-order valence-electron chi connectivity index (χ3n) is 2.57. The fourth-order valence-corrected chi connectivity index (χ4v) is 2.27. The molecule has 1 heterocycles. The van der Waals surface area contributed by atoms with Crippen LogP contribution in [0.1, 0.15) is 5.56 Å². The van der Waals surface area contributed by atoms with Gasteiger partial charge in [0.05, 0.1) is 4.92 Å². The second-order valence-electron chi connectivity index (χ2n) is 4.03. The van der Waals surface area contributed by atoms with E-state index in [4.69, 9.17) is 0 Å². The lowest BCUT2D eigenvalue weighted by molar-refractivity contribution is -0.384. The third kappa shape index (κ3) is 4.00. The number of benzene rings is 1. The highest BCUT2D eigenvalue weighted by molar-refractivity contribution is 7.99. The van der Waals surface area contributed by atoms with Gasteiger partial charge in [0.25, 0.3) is 5.69 Å². The highest BCUT2D eigenvalue weighted by Gasteiger charge is 2.04. The molecular weight excluding hydrogens is 280 g/mol. The van der Waals surface area contributed by atoms with Gasteiger partial charge in [0, 0.05) is 38.0 Å². The predicted molar refractivity (Wildman–Crippen MR) is 74.3 cm³/mol. The molecule has 0 aliphatic carbocycles. The zero-order valence-corrected chi connectivity index (χ0v) is 11.7. The van der Waals surface area contributed by atoms with E-state index in [0.717, 1.165) is 23.0 Å². The maximum Gasteiger partial charge on any atom is 0.269 e.